The number of amides is 1. The number of carbonyl (C=O) groups excluding carboxylic acids is 1. The highest BCUT2D eigenvalue weighted by atomic mass is 19.1. The smallest absolute Gasteiger partial charge is 0.220 e. The quantitative estimate of drug-likeness (QED) is 0.727. The molecule has 2 atom stereocenters. The van der Waals surface area contributed by atoms with Crippen LogP contribution in [0.2, 0.25) is 0 Å². The van der Waals surface area contributed by atoms with Gasteiger partial charge in [0.2, 0.25) is 5.91 Å². The fraction of sp³-hybridized carbons (Fsp3) is 0.429. The molecule has 0 radical (unpaired) electrons. The first kappa shape index (κ1) is 18.5. The summed E-state index contributed by atoms with van der Waals surface area (Å²) < 4.78 is 19.6. The summed E-state index contributed by atoms with van der Waals surface area (Å²) in [6, 6.07) is 9.65. The third kappa shape index (κ3) is 5.11. The molecule has 1 heterocycles. The molecule has 1 N–H and O–H groups in total. The van der Waals surface area contributed by atoms with Gasteiger partial charge in [-0.15, -0.1) is 0 Å². The van der Waals surface area contributed by atoms with Gasteiger partial charge < -0.3 is 10.1 Å². The lowest BCUT2D eigenvalue weighted by molar-refractivity contribution is -0.123. The lowest BCUT2D eigenvalue weighted by atomic mass is 9.96. The highest BCUT2D eigenvalue weighted by Crippen LogP contribution is 2.36. The second-order valence-corrected chi connectivity index (χ2v) is 6.83. The van der Waals surface area contributed by atoms with Crippen LogP contribution in [0.3, 0.4) is 0 Å². The van der Waals surface area contributed by atoms with Gasteiger partial charge in [0.05, 0.1) is 12.6 Å². The van der Waals surface area contributed by atoms with Gasteiger partial charge in [-0.1, -0.05) is 25.1 Å². The zero-order valence-corrected chi connectivity index (χ0v) is 15.0. The van der Waals surface area contributed by atoms with Crippen LogP contribution in [-0.4, -0.2) is 17.5 Å². The van der Waals surface area contributed by atoms with Gasteiger partial charge in [0.15, 0.2) is 0 Å². The van der Waals surface area contributed by atoms with Gasteiger partial charge in [0, 0.05) is 24.4 Å². The van der Waals surface area contributed by atoms with Crippen LogP contribution >= 0.6 is 0 Å². The number of ether oxygens (including phenoxy) is 1. The van der Waals surface area contributed by atoms with Crippen molar-refractivity contribution in [2.45, 2.75) is 44.8 Å². The largest absolute Gasteiger partial charge is 0.371 e. The summed E-state index contributed by atoms with van der Waals surface area (Å²) in [5.74, 6) is 0.254. The monoisotopic (exact) mass is 356 g/mol. The minimum Gasteiger partial charge on any atom is -0.371 e. The van der Waals surface area contributed by atoms with Crippen LogP contribution < -0.4 is 5.32 Å². The Labute approximate surface area is 153 Å². The highest BCUT2D eigenvalue weighted by Gasteiger charge is 2.30. The van der Waals surface area contributed by atoms with Gasteiger partial charge in [-0.3, -0.25) is 9.78 Å². The number of aromatic nitrogens is 1. The van der Waals surface area contributed by atoms with E-state index in [-0.39, 0.29) is 17.8 Å². The van der Waals surface area contributed by atoms with Crippen LogP contribution in [0.15, 0.2) is 48.8 Å². The summed E-state index contributed by atoms with van der Waals surface area (Å²) in [6.07, 6.45) is 6.69. The molecule has 1 unspecified atom stereocenters. The maximum atomic E-state index is 13.4. The summed E-state index contributed by atoms with van der Waals surface area (Å²) in [5, 5.41) is 3.08. The van der Waals surface area contributed by atoms with Gasteiger partial charge in [-0.2, -0.15) is 0 Å². The summed E-state index contributed by atoms with van der Waals surface area (Å²) in [5.41, 5.74) is 1.72. The van der Waals surface area contributed by atoms with Crippen LogP contribution in [0.1, 0.15) is 55.9 Å². The number of nitrogens with one attached hydrogen (secondary N) is 1. The molecular formula is C21H25FN2O2. The minimum atomic E-state index is -0.391. The van der Waals surface area contributed by atoms with Gasteiger partial charge in [0.1, 0.15) is 11.9 Å². The molecule has 3 rings (SSSR count). The topological polar surface area (TPSA) is 51.2 Å². The van der Waals surface area contributed by atoms with Crippen molar-refractivity contribution in [3.05, 3.63) is 65.7 Å². The van der Waals surface area contributed by atoms with E-state index in [2.05, 4.69) is 10.3 Å². The Morgan fingerprint density at radius 1 is 1.27 bits per heavy atom. The molecular weight excluding hydrogens is 331 g/mol. The first-order chi connectivity index (χ1) is 12.7. The lowest BCUT2D eigenvalue weighted by Gasteiger charge is -2.29. The summed E-state index contributed by atoms with van der Waals surface area (Å²) in [6.45, 7) is 2.62. The standard InChI is InChI=1S/C21H25FN2O2/c1-2-4-19(25)24-20(16-8-10-18(22)11-9-16)21(26-14-15-6-7-15)17-5-3-12-23-13-17/h3,5,8-13,15,20-21H,2,4,6-7,14H2,1H3,(H,24,25)/t20?,21-/m1/s1. The number of hydrogen-bond acceptors (Lipinski definition) is 3. The average molecular weight is 356 g/mol. The molecule has 0 spiro atoms. The summed E-state index contributed by atoms with van der Waals surface area (Å²) in [4.78, 5) is 16.5. The number of hydrogen-bond donors (Lipinski definition) is 1. The third-order valence-corrected chi connectivity index (χ3v) is 4.55. The van der Waals surface area contributed by atoms with E-state index in [0.29, 0.717) is 18.9 Å². The van der Waals surface area contributed by atoms with E-state index in [1.54, 1.807) is 24.5 Å². The molecule has 1 aromatic carbocycles. The molecule has 4 nitrogen and oxygen atoms in total. The van der Waals surface area contributed by atoms with E-state index in [1.807, 2.05) is 19.1 Å². The molecule has 0 bridgehead atoms. The maximum absolute atomic E-state index is 13.4. The number of nitrogens with zero attached hydrogens (tertiary/aromatic N) is 1. The first-order valence-electron chi connectivity index (χ1n) is 9.23. The lowest BCUT2D eigenvalue weighted by Crippen LogP contribution is -2.34. The van der Waals surface area contributed by atoms with Crippen LogP contribution in [0, 0.1) is 11.7 Å². The number of carbonyl (C=O) groups is 1. The van der Waals surface area contributed by atoms with Crippen LogP contribution in [0.4, 0.5) is 4.39 Å². The Morgan fingerprint density at radius 3 is 2.65 bits per heavy atom. The average Bonchev–Trinajstić information content (AvgIpc) is 3.47. The zero-order valence-electron chi connectivity index (χ0n) is 15.0. The van der Waals surface area contributed by atoms with E-state index in [9.17, 15) is 9.18 Å². The second-order valence-electron chi connectivity index (χ2n) is 6.83. The van der Waals surface area contributed by atoms with Gasteiger partial charge in [-0.25, -0.2) is 4.39 Å². The molecule has 1 saturated carbocycles. The van der Waals surface area contributed by atoms with Gasteiger partial charge >= 0.3 is 0 Å². The molecule has 138 valence electrons. The maximum Gasteiger partial charge on any atom is 0.220 e. The Hall–Kier alpha value is -2.27. The Kier molecular flexibility index (Phi) is 6.34. The molecule has 1 aromatic heterocycles. The van der Waals surface area contributed by atoms with E-state index in [4.69, 9.17) is 4.74 Å². The van der Waals surface area contributed by atoms with Gasteiger partial charge in [-0.05, 0) is 48.9 Å². The van der Waals surface area contributed by atoms with Crippen molar-refractivity contribution in [3.63, 3.8) is 0 Å². The molecule has 1 amide bonds. The van der Waals surface area contributed by atoms with Crippen molar-refractivity contribution in [1.29, 1.82) is 0 Å². The minimum absolute atomic E-state index is 0.0364. The SMILES string of the molecule is CCCC(=O)NC(c1ccc(F)cc1)[C@H](OCC1CC1)c1cccnc1. The molecule has 5 heteroatoms. The molecule has 1 aliphatic rings. The van der Waals surface area contributed by atoms with Crippen LogP contribution in [0.5, 0.6) is 0 Å². The Morgan fingerprint density at radius 2 is 2.04 bits per heavy atom. The Bertz CT molecular complexity index is 702. The second kappa shape index (κ2) is 8.90. The van der Waals surface area contributed by atoms with E-state index < -0.39 is 6.04 Å². The number of rotatable bonds is 9. The Balaban J connectivity index is 1.90. The number of pyridine rings is 1. The van der Waals surface area contributed by atoms with Crippen LogP contribution in [0.25, 0.3) is 0 Å². The highest BCUT2D eigenvalue weighted by molar-refractivity contribution is 5.76. The van der Waals surface area contributed by atoms with Crippen molar-refractivity contribution < 1.29 is 13.9 Å². The number of benzene rings is 1. The molecule has 2 aromatic rings. The first-order valence-corrected chi connectivity index (χ1v) is 9.23. The van der Waals surface area contributed by atoms with Crippen molar-refractivity contribution in [3.8, 4) is 0 Å². The molecule has 26 heavy (non-hydrogen) atoms. The summed E-state index contributed by atoms with van der Waals surface area (Å²) in [7, 11) is 0. The molecule has 1 aliphatic carbocycles. The van der Waals surface area contributed by atoms with E-state index in [1.165, 1.54) is 25.0 Å². The van der Waals surface area contributed by atoms with E-state index >= 15 is 0 Å². The summed E-state index contributed by atoms with van der Waals surface area (Å²) >= 11 is 0. The van der Waals surface area contributed by atoms with Crippen molar-refractivity contribution in [1.82, 2.24) is 10.3 Å². The number of halogens is 1. The van der Waals surface area contributed by atoms with Gasteiger partial charge in [0.25, 0.3) is 0 Å². The van der Waals surface area contributed by atoms with Crippen molar-refractivity contribution >= 4 is 5.91 Å². The van der Waals surface area contributed by atoms with Crippen LogP contribution in [-0.2, 0) is 9.53 Å². The fourth-order valence-corrected chi connectivity index (χ4v) is 2.93. The van der Waals surface area contributed by atoms with Crippen molar-refractivity contribution in [2.24, 2.45) is 5.92 Å². The molecule has 0 aliphatic heterocycles. The molecule has 1 fully saturated rings. The van der Waals surface area contributed by atoms with E-state index in [0.717, 1.165) is 17.5 Å². The third-order valence-electron chi connectivity index (χ3n) is 4.55. The predicted molar refractivity (Wildman–Crippen MR) is 97.8 cm³/mol. The zero-order chi connectivity index (χ0) is 18.4. The molecule has 0 saturated heterocycles. The van der Waals surface area contributed by atoms with Crippen molar-refractivity contribution in [2.75, 3.05) is 6.61 Å². The predicted octanol–water partition coefficient (Wildman–Crippen LogP) is 4.35. The normalized spacial score (nSPS) is 16.1. The fourth-order valence-electron chi connectivity index (χ4n) is 2.93.